The van der Waals surface area contributed by atoms with Crippen LogP contribution in [0.25, 0.3) is 0 Å². The van der Waals surface area contributed by atoms with Gasteiger partial charge in [0.15, 0.2) is 0 Å². The fourth-order valence-corrected chi connectivity index (χ4v) is 2.78. The van der Waals surface area contributed by atoms with E-state index in [1.54, 1.807) is 13.8 Å². The molecule has 1 aliphatic heterocycles. The summed E-state index contributed by atoms with van der Waals surface area (Å²) in [6.45, 7) is 6.07. The van der Waals surface area contributed by atoms with Gasteiger partial charge in [-0.15, -0.1) is 0 Å². The third kappa shape index (κ3) is 2.59. The number of aliphatic carboxylic acids is 1. The van der Waals surface area contributed by atoms with Gasteiger partial charge in [-0.2, -0.15) is 13.2 Å². The minimum Gasteiger partial charge on any atom is -0.481 e. The van der Waals surface area contributed by atoms with Crippen LogP contribution in [0.2, 0.25) is 0 Å². The SMILES string of the molecule is CCN1CC(C(C)(C)C(=O)O)c2cc(C(F)(F)F)ccc21. The molecule has 1 aromatic rings. The van der Waals surface area contributed by atoms with Gasteiger partial charge in [-0.3, -0.25) is 4.79 Å². The zero-order valence-corrected chi connectivity index (χ0v) is 12.2. The fourth-order valence-electron chi connectivity index (χ4n) is 2.78. The zero-order chi connectivity index (χ0) is 16.0. The van der Waals surface area contributed by atoms with Gasteiger partial charge in [-0.1, -0.05) is 0 Å². The summed E-state index contributed by atoms with van der Waals surface area (Å²) in [5, 5.41) is 9.37. The van der Waals surface area contributed by atoms with Crippen molar-refractivity contribution < 1.29 is 23.1 Å². The molecule has 21 heavy (non-hydrogen) atoms. The first-order chi connectivity index (χ1) is 9.59. The molecule has 0 amide bonds. The number of rotatable bonds is 3. The minimum atomic E-state index is -4.42. The molecular weight excluding hydrogens is 283 g/mol. The predicted molar refractivity (Wildman–Crippen MR) is 73.5 cm³/mol. The summed E-state index contributed by atoms with van der Waals surface area (Å²) in [4.78, 5) is 13.4. The summed E-state index contributed by atoms with van der Waals surface area (Å²) < 4.78 is 38.7. The van der Waals surface area contributed by atoms with Crippen LogP contribution in [0.1, 0.15) is 37.8 Å². The van der Waals surface area contributed by atoms with Crippen LogP contribution < -0.4 is 4.90 Å². The van der Waals surface area contributed by atoms with E-state index in [1.165, 1.54) is 6.07 Å². The standard InChI is InChI=1S/C15H18F3NO2/c1-4-19-8-11(14(2,3)13(20)21)10-7-9(15(16,17)18)5-6-12(10)19/h5-7,11H,4,8H2,1-3H3,(H,20,21). The third-order valence-corrected chi connectivity index (χ3v) is 4.28. The molecule has 1 aliphatic rings. The Balaban J connectivity index is 2.55. The number of carboxylic acids is 1. The van der Waals surface area contributed by atoms with E-state index in [-0.39, 0.29) is 0 Å². The van der Waals surface area contributed by atoms with Gasteiger partial charge in [0.05, 0.1) is 11.0 Å². The van der Waals surface area contributed by atoms with Crippen LogP contribution in [0.5, 0.6) is 0 Å². The van der Waals surface area contributed by atoms with Crippen molar-refractivity contribution in [2.24, 2.45) is 5.41 Å². The van der Waals surface area contributed by atoms with Crippen molar-refractivity contribution >= 4 is 11.7 Å². The number of carbonyl (C=O) groups is 1. The van der Waals surface area contributed by atoms with Gasteiger partial charge in [0, 0.05) is 24.7 Å². The molecule has 2 rings (SSSR count). The van der Waals surface area contributed by atoms with Gasteiger partial charge in [-0.05, 0) is 44.5 Å². The second-order valence-corrected chi connectivity index (χ2v) is 5.89. The molecule has 0 bridgehead atoms. The fraction of sp³-hybridized carbons (Fsp3) is 0.533. The quantitative estimate of drug-likeness (QED) is 0.924. The molecule has 3 nitrogen and oxygen atoms in total. The molecule has 0 saturated heterocycles. The average Bonchev–Trinajstić information content (AvgIpc) is 2.75. The van der Waals surface area contributed by atoms with E-state index in [4.69, 9.17) is 0 Å². The van der Waals surface area contributed by atoms with Crippen molar-refractivity contribution in [2.75, 3.05) is 18.0 Å². The van der Waals surface area contributed by atoms with Crippen molar-refractivity contribution in [1.82, 2.24) is 0 Å². The van der Waals surface area contributed by atoms with Gasteiger partial charge < -0.3 is 10.0 Å². The topological polar surface area (TPSA) is 40.5 Å². The number of likely N-dealkylation sites (N-methyl/N-ethyl adjacent to an activating group) is 1. The highest BCUT2D eigenvalue weighted by molar-refractivity contribution is 5.77. The molecule has 1 atom stereocenters. The van der Waals surface area contributed by atoms with Gasteiger partial charge in [0.1, 0.15) is 0 Å². The number of fused-ring (bicyclic) bond motifs is 1. The van der Waals surface area contributed by atoms with Crippen LogP contribution in [0.4, 0.5) is 18.9 Å². The molecule has 0 aliphatic carbocycles. The normalized spacial score (nSPS) is 18.8. The van der Waals surface area contributed by atoms with Crippen LogP contribution in [-0.2, 0) is 11.0 Å². The summed E-state index contributed by atoms with van der Waals surface area (Å²) >= 11 is 0. The van der Waals surface area contributed by atoms with Crippen molar-refractivity contribution in [2.45, 2.75) is 32.9 Å². The maximum absolute atomic E-state index is 12.9. The smallest absolute Gasteiger partial charge is 0.416 e. The lowest BCUT2D eigenvalue weighted by molar-refractivity contribution is -0.148. The number of halogens is 3. The number of hydrogen-bond donors (Lipinski definition) is 1. The molecule has 0 saturated carbocycles. The Bertz CT molecular complexity index is 567. The molecule has 1 N–H and O–H groups in total. The Hall–Kier alpha value is -1.72. The second-order valence-electron chi connectivity index (χ2n) is 5.89. The summed E-state index contributed by atoms with van der Waals surface area (Å²) in [7, 11) is 0. The van der Waals surface area contributed by atoms with E-state index < -0.39 is 29.0 Å². The Labute approximate surface area is 121 Å². The molecular formula is C15H18F3NO2. The highest BCUT2D eigenvalue weighted by Gasteiger charge is 2.44. The van der Waals surface area contributed by atoms with E-state index >= 15 is 0 Å². The average molecular weight is 301 g/mol. The van der Waals surface area contributed by atoms with Crippen molar-refractivity contribution in [3.63, 3.8) is 0 Å². The van der Waals surface area contributed by atoms with Crippen LogP contribution in [0.3, 0.4) is 0 Å². The molecule has 1 unspecified atom stereocenters. The minimum absolute atomic E-state index is 0.423. The molecule has 116 valence electrons. The summed E-state index contributed by atoms with van der Waals surface area (Å²) in [5.41, 5.74) is -0.683. The van der Waals surface area contributed by atoms with E-state index in [2.05, 4.69) is 0 Å². The van der Waals surface area contributed by atoms with E-state index in [1.807, 2.05) is 11.8 Å². The van der Waals surface area contributed by atoms with Crippen LogP contribution in [0.15, 0.2) is 18.2 Å². The number of carboxylic acid groups (broad SMARTS) is 1. The lowest BCUT2D eigenvalue weighted by Gasteiger charge is -2.28. The highest BCUT2D eigenvalue weighted by Crippen LogP contribution is 2.47. The molecule has 0 aromatic heterocycles. The number of anilines is 1. The summed E-state index contributed by atoms with van der Waals surface area (Å²) in [6.07, 6.45) is -4.42. The monoisotopic (exact) mass is 301 g/mol. The third-order valence-electron chi connectivity index (χ3n) is 4.28. The van der Waals surface area contributed by atoms with Gasteiger partial charge in [0.2, 0.25) is 0 Å². The molecule has 0 fully saturated rings. The Morgan fingerprint density at radius 3 is 2.48 bits per heavy atom. The van der Waals surface area contributed by atoms with Crippen LogP contribution >= 0.6 is 0 Å². The van der Waals surface area contributed by atoms with Crippen molar-refractivity contribution in [3.8, 4) is 0 Å². The molecule has 1 heterocycles. The summed E-state index contributed by atoms with van der Waals surface area (Å²) in [6, 6.07) is 3.59. The lowest BCUT2D eigenvalue weighted by atomic mass is 9.75. The number of benzene rings is 1. The Kier molecular flexibility index (Phi) is 3.68. The molecule has 1 aromatic carbocycles. The van der Waals surface area contributed by atoms with Gasteiger partial charge in [0.25, 0.3) is 0 Å². The second kappa shape index (κ2) is 4.93. The Morgan fingerprint density at radius 2 is 2.00 bits per heavy atom. The first-order valence-corrected chi connectivity index (χ1v) is 6.78. The van der Waals surface area contributed by atoms with Crippen molar-refractivity contribution in [1.29, 1.82) is 0 Å². The van der Waals surface area contributed by atoms with Gasteiger partial charge in [-0.25, -0.2) is 0 Å². The van der Waals surface area contributed by atoms with Gasteiger partial charge >= 0.3 is 12.1 Å². The van der Waals surface area contributed by atoms with E-state index in [0.29, 0.717) is 24.3 Å². The lowest BCUT2D eigenvalue weighted by Crippen LogP contribution is -2.34. The van der Waals surface area contributed by atoms with Crippen LogP contribution in [0, 0.1) is 5.41 Å². The largest absolute Gasteiger partial charge is 0.481 e. The van der Waals surface area contributed by atoms with E-state index in [9.17, 15) is 23.1 Å². The predicted octanol–water partition coefficient (Wildman–Crippen LogP) is 3.74. The molecule has 0 radical (unpaired) electrons. The highest BCUT2D eigenvalue weighted by atomic mass is 19.4. The first kappa shape index (κ1) is 15.7. The molecule has 0 spiro atoms. The molecule has 6 heteroatoms. The maximum atomic E-state index is 12.9. The van der Waals surface area contributed by atoms with Crippen LogP contribution in [-0.4, -0.2) is 24.2 Å². The Morgan fingerprint density at radius 1 is 1.38 bits per heavy atom. The van der Waals surface area contributed by atoms with Crippen molar-refractivity contribution in [3.05, 3.63) is 29.3 Å². The number of alkyl halides is 3. The van der Waals surface area contributed by atoms with E-state index in [0.717, 1.165) is 12.1 Å². The number of hydrogen-bond acceptors (Lipinski definition) is 2. The maximum Gasteiger partial charge on any atom is 0.416 e. The zero-order valence-electron chi connectivity index (χ0n) is 12.2. The first-order valence-electron chi connectivity index (χ1n) is 6.78. The summed E-state index contributed by atoms with van der Waals surface area (Å²) in [5.74, 6) is -1.47. The number of nitrogens with zero attached hydrogens (tertiary/aromatic N) is 1.